The number of hydrogen-bond acceptors (Lipinski definition) is 4. The lowest BCUT2D eigenvalue weighted by atomic mass is 9.91. The van der Waals surface area contributed by atoms with E-state index in [-0.39, 0.29) is 23.8 Å². The van der Waals surface area contributed by atoms with Gasteiger partial charge in [-0.3, -0.25) is 14.6 Å². The highest BCUT2D eigenvalue weighted by Gasteiger charge is 2.40. The van der Waals surface area contributed by atoms with E-state index in [9.17, 15) is 9.59 Å². The fourth-order valence-electron chi connectivity index (χ4n) is 4.19. The lowest BCUT2D eigenvalue weighted by Gasteiger charge is -2.36. The molecule has 2 aliphatic rings. The van der Waals surface area contributed by atoms with Crippen LogP contribution in [-0.4, -0.2) is 46.9 Å². The van der Waals surface area contributed by atoms with Crippen molar-refractivity contribution in [2.24, 2.45) is 5.92 Å². The molecule has 2 atom stereocenters. The predicted octanol–water partition coefficient (Wildman–Crippen LogP) is 2.60. The number of nitrogens with zero attached hydrogens (tertiary/aromatic N) is 2. The molecule has 30 heavy (non-hydrogen) atoms. The van der Waals surface area contributed by atoms with Crippen molar-refractivity contribution in [1.82, 2.24) is 20.5 Å². The van der Waals surface area contributed by atoms with E-state index in [1.807, 2.05) is 4.90 Å². The highest BCUT2D eigenvalue weighted by atomic mass is 16.2. The Morgan fingerprint density at radius 1 is 1.17 bits per heavy atom. The molecule has 2 fully saturated rings. The molecule has 2 unspecified atom stereocenters. The van der Waals surface area contributed by atoms with Crippen LogP contribution >= 0.6 is 0 Å². The summed E-state index contributed by atoms with van der Waals surface area (Å²) in [5, 5.41) is 6.44. The third kappa shape index (κ3) is 4.54. The molecule has 2 N–H and O–H groups in total. The molecule has 6 heteroatoms. The number of hydrogen-bond donors (Lipinski definition) is 2. The molecule has 2 aromatic rings. The van der Waals surface area contributed by atoms with Crippen molar-refractivity contribution in [3.8, 4) is 0 Å². The van der Waals surface area contributed by atoms with Crippen molar-refractivity contribution >= 4 is 11.8 Å². The number of aryl methyl sites for hydroxylation is 1. The number of aromatic nitrogens is 1. The average molecular weight is 407 g/mol. The molecule has 1 aliphatic carbocycles. The van der Waals surface area contributed by atoms with Gasteiger partial charge in [-0.1, -0.05) is 18.2 Å². The highest BCUT2D eigenvalue weighted by molar-refractivity contribution is 5.94. The normalized spacial score (nSPS) is 21.1. The van der Waals surface area contributed by atoms with E-state index in [0.29, 0.717) is 24.7 Å². The van der Waals surface area contributed by atoms with Gasteiger partial charge in [-0.25, -0.2) is 0 Å². The summed E-state index contributed by atoms with van der Waals surface area (Å²) in [7, 11) is 0. The van der Waals surface area contributed by atoms with E-state index in [0.717, 1.165) is 25.8 Å². The second-order valence-corrected chi connectivity index (χ2v) is 8.48. The largest absolute Gasteiger partial charge is 0.348 e. The van der Waals surface area contributed by atoms with Gasteiger partial charge in [0.15, 0.2) is 0 Å². The Morgan fingerprint density at radius 3 is 2.73 bits per heavy atom. The van der Waals surface area contributed by atoms with E-state index < -0.39 is 0 Å². The van der Waals surface area contributed by atoms with Gasteiger partial charge in [-0.2, -0.15) is 0 Å². The Hall–Kier alpha value is -2.73. The molecule has 0 bridgehead atoms. The molecule has 1 aromatic heterocycles. The van der Waals surface area contributed by atoms with E-state index >= 15 is 0 Å². The second kappa shape index (κ2) is 8.96. The van der Waals surface area contributed by atoms with Crippen LogP contribution in [0.5, 0.6) is 0 Å². The molecule has 6 nitrogen and oxygen atoms in total. The number of amides is 2. The number of nitrogens with one attached hydrogen (secondary N) is 2. The van der Waals surface area contributed by atoms with E-state index in [1.165, 1.54) is 16.7 Å². The van der Waals surface area contributed by atoms with Gasteiger partial charge in [0.05, 0.1) is 11.5 Å². The quantitative estimate of drug-likeness (QED) is 0.773. The van der Waals surface area contributed by atoms with Crippen molar-refractivity contribution in [2.75, 3.05) is 13.1 Å². The maximum Gasteiger partial charge on any atom is 0.253 e. The molecule has 1 saturated heterocycles. The summed E-state index contributed by atoms with van der Waals surface area (Å²) >= 11 is 0. The van der Waals surface area contributed by atoms with Crippen LogP contribution in [0.4, 0.5) is 0 Å². The summed E-state index contributed by atoms with van der Waals surface area (Å²) in [5.74, 6) is -0.285. The van der Waals surface area contributed by atoms with Gasteiger partial charge < -0.3 is 15.5 Å². The molecule has 2 amide bonds. The summed E-state index contributed by atoms with van der Waals surface area (Å²) in [6, 6.07) is 9.92. The van der Waals surface area contributed by atoms with Crippen LogP contribution in [0.3, 0.4) is 0 Å². The van der Waals surface area contributed by atoms with Crippen LogP contribution in [-0.2, 0) is 11.3 Å². The first-order chi connectivity index (χ1) is 14.5. The topological polar surface area (TPSA) is 74.3 Å². The van der Waals surface area contributed by atoms with E-state index in [4.69, 9.17) is 0 Å². The van der Waals surface area contributed by atoms with Gasteiger partial charge >= 0.3 is 0 Å². The van der Waals surface area contributed by atoms with Crippen molar-refractivity contribution in [1.29, 1.82) is 0 Å². The molecule has 1 aromatic carbocycles. The fraction of sp³-hybridized carbons (Fsp3) is 0.458. The van der Waals surface area contributed by atoms with Gasteiger partial charge in [0, 0.05) is 37.6 Å². The van der Waals surface area contributed by atoms with Gasteiger partial charge in [0.1, 0.15) is 0 Å². The first-order valence-corrected chi connectivity index (χ1v) is 10.8. The van der Waals surface area contributed by atoms with Crippen LogP contribution in [0.2, 0.25) is 0 Å². The SMILES string of the molecule is Cc1cccc(CN(C(=O)C2CNCCC2NC(=O)c2cccnc2)C2CC2)c1C. The summed E-state index contributed by atoms with van der Waals surface area (Å²) in [6.45, 7) is 6.25. The Balaban J connectivity index is 1.51. The smallest absolute Gasteiger partial charge is 0.253 e. The summed E-state index contributed by atoms with van der Waals surface area (Å²) in [6.07, 6.45) is 6.07. The molecular weight excluding hydrogens is 376 g/mol. The fourth-order valence-corrected chi connectivity index (χ4v) is 4.19. The zero-order chi connectivity index (χ0) is 21.1. The summed E-state index contributed by atoms with van der Waals surface area (Å²) in [4.78, 5) is 32.4. The van der Waals surface area contributed by atoms with Crippen molar-refractivity contribution in [2.45, 2.75) is 51.7 Å². The molecule has 1 aliphatic heterocycles. The number of rotatable bonds is 6. The molecule has 0 spiro atoms. The van der Waals surface area contributed by atoms with Crippen molar-refractivity contribution < 1.29 is 9.59 Å². The minimum absolute atomic E-state index is 0.141. The van der Waals surface area contributed by atoms with Gasteiger partial charge in [0.25, 0.3) is 5.91 Å². The first kappa shape index (κ1) is 20.5. The minimum atomic E-state index is -0.259. The predicted molar refractivity (Wildman–Crippen MR) is 116 cm³/mol. The zero-order valence-electron chi connectivity index (χ0n) is 17.7. The highest BCUT2D eigenvalue weighted by Crippen LogP contribution is 2.31. The third-order valence-electron chi connectivity index (χ3n) is 6.37. The Labute approximate surface area is 178 Å². The molecular formula is C24H30N4O2. The second-order valence-electron chi connectivity index (χ2n) is 8.48. The number of pyridine rings is 1. The standard InChI is InChI=1S/C24H30N4O2/c1-16-5-3-6-19(17(16)2)15-28(20-8-9-20)24(30)21-14-26-12-10-22(21)27-23(29)18-7-4-11-25-13-18/h3-7,11,13,20-22,26H,8-10,12,14-15H2,1-2H3,(H,27,29). The molecule has 158 valence electrons. The van der Waals surface area contributed by atoms with Gasteiger partial charge in [-0.15, -0.1) is 0 Å². The monoisotopic (exact) mass is 406 g/mol. The Bertz CT molecular complexity index is 911. The Kier molecular flexibility index (Phi) is 6.13. The third-order valence-corrected chi connectivity index (χ3v) is 6.37. The minimum Gasteiger partial charge on any atom is -0.348 e. The molecule has 1 saturated carbocycles. The maximum atomic E-state index is 13.6. The molecule has 2 heterocycles. The zero-order valence-corrected chi connectivity index (χ0v) is 17.7. The maximum absolute atomic E-state index is 13.6. The number of carbonyl (C=O) groups is 2. The first-order valence-electron chi connectivity index (χ1n) is 10.8. The van der Waals surface area contributed by atoms with E-state index in [1.54, 1.807) is 24.5 Å². The number of piperidine rings is 1. The van der Waals surface area contributed by atoms with Crippen LogP contribution < -0.4 is 10.6 Å². The van der Waals surface area contributed by atoms with Gasteiger partial charge in [0.2, 0.25) is 5.91 Å². The summed E-state index contributed by atoms with van der Waals surface area (Å²) in [5.41, 5.74) is 4.22. The molecule has 4 rings (SSSR count). The number of carbonyl (C=O) groups excluding carboxylic acids is 2. The lowest BCUT2D eigenvalue weighted by molar-refractivity contribution is -0.138. The van der Waals surface area contributed by atoms with Crippen molar-refractivity contribution in [3.05, 3.63) is 65.0 Å². The summed E-state index contributed by atoms with van der Waals surface area (Å²) < 4.78 is 0. The molecule has 0 radical (unpaired) electrons. The van der Waals surface area contributed by atoms with Gasteiger partial charge in [-0.05, 0) is 68.5 Å². The van der Waals surface area contributed by atoms with E-state index in [2.05, 4.69) is 47.7 Å². The Morgan fingerprint density at radius 2 is 2.00 bits per heavy atom. The van der Waals surface area contributed by atoms with Crippen molar-refractivity contribution in [3.63, 3.8) is 0 Å². The lowest BCUT2D eigenvalue weighted by Crippen LogP contribution is -2.55. The van der Waals surface area contributed by atoms with Crippen LogP contribution in [0.15, 0.2) is 42.7 Å². The van der Waals surface area contributed by atoms with Crippen LogP contribution in [0.1, 0.15) is 46.3 Å². The average Bonchev–Trinajstić information content (AvgIpc) is 3.60. The van der Waals surface area contributed by atoms with Crippen LogP contribution in [0, 0.1) is 19.8 Å². The number of benzene rings is 1. The van der Waals surface area contributed by atoms with Crippen LogP contribution in [0.25, 0.3) is 0 Å².